The molecule has 0 aliphatic heterocycles. The van der Waals surface area contributed by atoms with Gasteiger partial charge in [-0.3, -0.25) is 4.79 Å². The van der Waals surface area contributed by atoms with Crippen molar-refractivity contribution < 1.29 is 4.79 Å². The minimum atomic E-state index is 0.0753. The van der Waals surface area contributed by atoms with Crippen molar-refractivity contribution >= 4 is 16.6 Å². The number of fused-ring (bicyclic) bond motifs is 5. The van der Waals surface area contributed by atoms with E-state index in [-0.39, 0.29) is 5.78 Å². The van der Waals surface area contributed by atoms with E-state index in [1.54, 1.807) is 0 Å². The summed E-state index contributed by atoms with van der Waals surface area (Å²) in [4.78, 5) is 18.0. The van der Waals surface area contributed by atoms with Gasteiger partial charge in [-0.15, -0.1) is 0 Å². The Kier molecular flexibility index (Phi) is 3.10. The number of carbonyl (C=O) groups is 1. The highest BCUT2D eigenvalue weighted by atomic mass is 16.1. The number of rotatable bonds is 1. The fraction of sp³-hybridized carbons (Fsp3) is 0.0833. The lowest BCUT2D eigenvalue weighted by Crippen LogP contribution is -1.99. The van der Waals surface area contributed by atoms with Gasteiger partial charge in [0.2, 0.25) is 0 Å². The molecule has 124 valence electrons. The van der Waals surface area contributed by atoms with E-state index in [2.05, 4.69) is 38.1 Å². The summed E-state index contributed by atoms with van der Waals surface area (Å²) in [5, 5.41) is 2.00. The van der Waals surface area contributed by atoms with Gasteiger partial charge in [0, 0.05) is 22.1 Å². The maximum Gasteiger partial charge on any atom is 0.196 e. The number of hydrogen-bond donors (Lipinski definition) is 0. The lowest BCUT2D eigenvalue weighted by Gasteiger charge is -2.12. The summed E-state index contributed by atoms with van der Waals surface area (Å²) >= 11 is 0. The highest BCUT2D eigenvalue weighted by molar-refractivity contribution is 6.27. The molecular weight excluding hydrogens is 318 g/mol. The van der Waals surface area contributed by atoms with Crippen LogP contribution in [0.4, 0.5) is 0 Å². The smallest absolute Gasteiger partial charge is 0.196 e. The van der Waals surface area contributed by atoms with Gasteiger partial charge in [0.15, 0.2) is 5.78 Å². The molecule has 0 spiro atoms. The maximum absolute atomic E-state index is 13.0. The number of pyridine rings is 1. The minimum absolute atomic E-state index is 0.0753. The summed E-state index contributed by atoms with van der Waals surface area (Å²) in [5.74, 6) is 0.0753. The van der Waals surface area contributed by atoms with Crippen LogP contribution in [0.1, 0.15) is 27.0 Å². The van der Waals surface area contributed by atoms with Crippen LogP contribution < -0.4 is 0 Å². The van der Waals surface area contributed by atoms with Crippen LogP contribution in [-0.2, 0) is 0 Å². The van der Waals surface area contributed by atoms with Crippen LogP contribution in [0, 0.1) is 13.8 Å². The minimum Gasteiger partial charge on any atom is -0.288 e. The monoisotopic (exact) mass is 335 g/mol. The van der Waals surface area contributed by atoms with Gasteiger partial charge in [-0.2, -0.15) is 0 Å². The van der Waals surface area contributed by atoms with Gasteiger partial charge in [0.1, 0.15) is 0 Å². The van der Waals surface area contributed by atoms with Crippen molar-refractivity contribution in [1.29, 1.82) is 0 Å². The third-order valence-corrected chi connectivity index (χ3v) is 5.06. The molecule has 0 saturated heterocycles. The number of aromatic nitrogens is 1. The van der Waals surface area contributed by atoms with E-state index in [0.717, 1.165) is 44.4 Å². The Morgan fingerprint density at radius 1 is 0.692 bits per heavy atom. The Morgan fingerprint density at radius 2 is 1.31 bits per heavy atom. The van der Waals surface area contributed by atoms with Crippen LogP contribution >= 0.6 is 0 Å². The Labute approximate surface area is 152 Å². The van der Waals surface area contributed by atoms with Crippen molar-refractivity contribution in [3.63, 3.8) is 0 Å². The molecule has 1 aliphatic rings. The first-order valence-corrected chi connectivity index (χ1v) is 8.79. The molecular formula is C24H17NO. The number of hydrogen-bond acceptors (Lipinski definition) is 2. The summed E-state index contributed by atoms with van der Waals surface area (Å²) in [6.07, 6.45) is 0. The average Bonchev–Trinajstić information content (AvgIpc) is 2.93. The number of carbonyl (C=O) groups excluding carboxylic acids is 1. The molecule has 1 aromatic heterocycles. The molecule has 2 nitrogen and oxygen atoms in total. The van der Waals surface area contributed by atoms with Crippen LogP contribution in [0.15, 0.2) is 66.7 Å². The van der Waals surface area contributed by atoms with Crippen LogP contribution in [0.25, 0.3) is 33.3 Å². The van der Waals surface area contributed by atoms with Gasteiger partial charge in [0.25, 0.3) is 0 Å². The van der Waals surface area contributed by atoms with E-state index >= 15 is 0 Å². The molecule has 0 atom stereocenters. The molecule has 26 heavy (non-hydrogen) atoms. The van der Waals surface area contributed by atoms with E-state index in [1.165, 1.54) is 11.1 Å². The predicted molar refractivity (Wildman–Crippen MR) is 106 cm³/mol. The second kappa shape index (κ2) is 5.37. The van der Waals surface area contributed by atoms with E-state index in [1.807, 2.05) is 42.5 Å². The van der Waals surface area contributed by atoms with Gasteiger partial charge in [-0.05, 0) is 31.4 Å². The second-order valence-corrected chi connectivity index (χ2v) is 6.98. The lowest BCUT2D eigenvalue weighted by molar-refractivity contribution is 0.104. The quantitative estimate of drug-likeness (QED) is 0.391. The van der Waals surface area contributed by atoms with Gasteiger partial charge in [-0.25, -0.2) is 4.98 Å². The second-order valence-electron chi connectivity index (χ2n) is 6.98. The summed E-state index contributed by atoms with van der Waals surface area (Å²) in [5.41, 5.74) is 7.68. The molecule has 5 rings (SSSR count). The van der Waals surface area contributed by atoms with Crippen molar-refractivity contribution in [2.45, 2.75) is 13.8 Å². The van der Waals surface area contributed by atoms with Crippen LogP contribution in [0.3, 0.4) is 0 Å². The maximum atomic E-state index is 13.0. The molecule has 0 unspecified atom stereocenters. The molecule has 0 saturated carbocycles. The fourth-order valence-corrected chi connectivity index (χ4v) is 4.04. The number of nitrogens with zero attached hydrogens (tertiary/aromatic N) is 1. The topological polar surface area (TPSA) is 30.0 Å². The highest BCUT2D eigenvalue weighted by Crippen LogP contribution is 2.42. The molecule has 0 N–H and O–H groups in total. The number of benzene rings is 3. The Balaban J connectivity index is 1.92. The summed E-state index contributed by atoms with van der Waals surface area (Å²) in [6.45, 7) is 4.20. The zero-order chi connectivity index (χ0) is 17.8. The standard InChI is InChI=1S/C24H17NO/c1-14-11-15(2)13-16(12-14)22-18-8-4-3-7-17(18)21-23(25-22)19-9-5-6-10-20(19)24(21)26/h3-13H,1-2H3. The van der Waals surface area contributed by atoms with Gasteiger partial charge < -0.3 is 0 Å². The largest absolute Gasteiger partial charge is 0.288 e. The van der Waals surface area contributed by atoms with Gasteiger partial charge in [-0.1, -0.05) is 65.7 Å². The third-order valence-electron chi connectivity index (χ3n) is 5.06. The first kappa shape index (κ1) is 15.0. The molecule has 0 amide bonds. The summed E-state index contributed by atoms with van der Waals surface area (Å²) < 4.78 is 0. The molecule has 1 aliphatic carbocycles. The Morgan fingerprint density at radius 3 is 2.04 bits per heavy atom. The normalized spacial score (nSPS) is 12.3. The van der Waals surface area contributed by atoms with E-state index in [4.69, 9.17) is 4.98 Å². The van der Waals surface area contributed by atoms with Crippen molar-refractivity contribution in [3.05, 3.63) is 89.0 Å². The summed E-state index contributed by atoms with van der Waals surface area (Å²) in [7, 11) is 0. The van der Waals surface area contributed by atoms with Crippen LogP contribution in [0.2, 0.25) is 0 Å². The molecule has 4 aromatic rings. The van der Waals surface area contributed by atoms with Crippen molar-refractivity contribution in [2.24, 2.45) is 0 Å². The predicted octanol–water partition coefficient (Wildman–Crippen LogP) is 5.73. The third kappa shape index (κ3) is 2.05. The molecule has 0 radical (unpaired) electrons. The first-order valence-electron chi connectivity index (χ1n) is 8.79. The fourth-order valence-electron chi connectivity index (χ4n) is 4.04. The molecule has 0 fully saturated rings. The van der Waals surface area contributed by atoms with Crippen LogP contribution in [-0.4, -0.2) is 10.8 Å². The van der Waals surface area contributed by atoms with Gasteiger partial charge in [0.05, 0.1) is 17.0 Å². The Bertz CT molecular complexity index is 1200. The molecule has 1 heterocycles. The molecule has 0 bridgehead atoms. The van der Waals surface area contributed by atoms with Gasteiger partial charge >= 0.3 is 0 Å². The lowest BCUT2D eigenvalue weighted by atomic mass is 9.96. The molecule has 3 aromatic carbocycles. The van der Waals surface area contributed by atoms with Crippen molar-refractivity contribution in [3.8, 4) is 22.5 Å². The SMILES string of the molecule is Cc1cc(C)cc(-c2nc3c(c4ccccc24)C(=O)c2ccccc2-3)c1. The zero-order valence-electron chi connectivity index (χ0n) is 14.7. The number of aryl methyl sites for hydroxylation is 2. The zero-order valence-corrected chi connectivity index (χ0v) is 14.7. The van der Waals surface area contributed by atoms with Crippen molar-refractivity contribution in [2.75, 3.05) is 0 Å². The van der Waals surface area contributed by atoms with E-state index < -0.39 is 0 Å². The first-order chi connectivity index (χ1) is 12.6. The molecule has 2 heteroatoms. The van der Waals surface area contributed by atoms with E-state index in [0.29, 0.717) is 0 Å². The highest BCUT2D eigenvalue weighted by Gasteiger charge is 2.30. The van der Waals surface area contributed by atoms with Crippen LogP contribution in [0.5, 0.6) is 0 Å². The van der Waals surface area contributed by atoms with Crippen molar-refractivity contribution in [1.82, 2.24) is 4.98 Å². The van der Waals surface area contributed by atoms with E-state index in [9.17, 15) is 4.79 Å². The average molecular weight is 335 g/mol. The Hall–Kier alpha value is -3.26. The summed E-state index contributed by atoms with van der Waals surface area (Å²) in [6, 6.07) is 22.4. The number of ketones is 1.